The Morgan fingerprint density at radius 3 is 1.27 bits per heavy atom. The van der Waals surface area contributed by atoms with E-state index < -0.39 is 10.1 Å². The fraction of sp³-hybridized carbons (Fsp3) is 1.00. The van der Waals surface area contributed by atoms with Crippen LogP contribution >= 0.6 is 0 Å². The lowest BCUT2D eigenvalue weighted by Crippen LogP contribution is -1.95. The molecule has 0 aromatic carbocycles. The minimum Gasteiger partial charge on any atom is -0.274 e. The van der Waals surface area contributed by atoms with Gasteiger partial charge in [0.25, 0.3) is 10.1 Å². The quantitative estimate of drug-likeness (QED) is 0.575. The Balaban J connectivity index is 0.000000183. The second kappa shape index (κ2) is 5.55. The van der Waals surface area contributed by atoms with Gasteiger partial charge in [-0.05, 0) is 0 Å². The zero-order chi connectivity index (χ0) is 8.74. The highest BCUT2D eigenvalue weighted by Crippen LogP contribution is 2.15. The molecule has 4 heteroatoms. The van der Waals surface area contributed by atoms with Crippen molar-refractivity contribution >= 4 is 10.1 Å². The second-order valence-corrected chi connectivity index (χ2v) is 4.38. The van der Waals surface area contributed by atoms with E-state index in [1.54, 1.807) is 0 Å². The SMILES string of the molecule is C1CCCC1.COS(C)(=O)=O. The summed E-state index contributed by atoms with van der Waals surface area (Å²) in [5.74, 6) is 0. The van der Waals surface area contributed by atoms with Crippen molar-refractivity contribution in [1.82, 2.24) is 0 Å². The van der Waals surface area contributed by atoms with Crippen LogP contribution in [0, 0.1) is 0 Å². The summed E-state index contributed by atoms with van der Waals surface area (Å²) < 4.78 is 23.5. The smallest absolute Gasteiger partial charge is 0.264 e. The summed E-state index contributed by atoms with van der Waals surface area (Å²) in [6.45, 7) is 0. The summed E-state index contributed by atoms with van der Waals surface area (Å²) >= 11 is 0. The zero-order valence-electron chi connectivity index (χ0n) is 7.17. The molecule has 11 heavy (non-hydrogen) atoms. The molecule has 1 aliphatic carbocycles. The van der Waals surface area contributed by atoms with E-state index in [2.05, 4.69) is 4.18 Å². The third-order valence-electron chi connectivity index (χ3n) is 1.55. The van der Waals surface area contributed by atoms with Gasteiger partial charge in [0.15, 0.2) is 0 Å². The lowest BCUT2D eigenvalue weighted by atomic mass is 10.4. The number of rotatable bonds is 1. The normalized spacial score (nSPS) is 17.3. The van der Waals surface area contributed by atoms with Gasteiger partial charge in [0, 0.05) is 0 Å². The topological polar surface area (TPSA) is 43.4 Å². The lowest BCUT2D eigenvalue weighted by Gasteiger charge is -1.84. The maximum Gasteiger partial charge on any atom is 0.264 e. The summed E-state index contributed by atoms with van der Waals surface area (Å²) in [7, 11) is -2.04. The maximum atomic E-state index is 9.78. The van der Waals surface area contributed by atoms with Gasteiger partial charge in [-0.25, -0.2) is 0 Å². The van der Waals surface area contributed by atoms with Crippen molar-refractivity contribution in [3.63, 3.8) is 0 Å². The van der Waals surface area contributed by atoms with E-state index in [0.717, 1.165) is 13.4 Å². The minimum absolute atomic E-state index is 0.993. The molecule has 3 nitrogen and oxygen atoms in total. The van der Waals surface area contributed by atoms with Crippen LogP contribution in [0.4, 0.5) is 0 Å². The van der Waals surface area contributed by atoms with Gasteiger partial charge in [-0.2, -0.15) is 8.42 Å². The molecule has 0 saturated heterocycles. The standard InChI is InChI=1S/C5H10.C2H6O3S/c1-2-4-5-3-1;1-5-6(2,3)4/h1-5H2;1-2H3. The molecule has 0 bridgehead atoms. The largest absolute Gasteiger partial charge is 0.274 e. The van der Waals surface area contributed by atoms with Crippen LogP contribution in [-0.2, 0) is 14.3 Å². The van der Waals surface area contributed by atoms with Gasteiger partial charge >= 0.3 is 0 Å². The first-order valence-corrected chi connectivity index (χ1v) is 5.63. The van der Waals surface area contributed by atoms with Crippen molar-refractivity contribution in [2.24, 2.45) is 0 Å². The third-order valence-corrected chi connectivity index (χ3v) is 2.16. The molecule has 1 rings (SSSR count). The van der Waals surface area contributed by atoms with Crippen LogP contribution in [0.15, 0.2) is 0 Å². The van der Waals surface area contributed by atoms with Gasteiger partial charge in [-0.1, -0.05) is 32.1 Å². The first-order chi connectivity index (χ1) is 5.06. The van der Waals surface area contributed by atoms with E-state index in [4.69, 9.17) is 0 Å². The molecule has 0 heterocycles. The highest BCUT2D eigenvalue weighted by molar-refractivity contribution is 7.85. The minimum atomic E-state index is -3.16. The molecule has 0 aliphatic heterocycles. The number of hydrogen-bond donors (Lipinski definition) is 0. The summed E-state index contributed by atoms with van der Waals surface area (Å²) in [5.41, 5.74) is 0. The van der Waals surface area contributed by atoms with Crippen molar-refractivity contribution in [3.8, 4) is 0 Å². The molecule has 1 aliphatic rings. The van der Waals surface area contributed by atoms with Crippen LogP contribution in [0.25, 0.3) is 0 Å². The van der Waals surface area contributed by atoms with Crippen molar-refractivity contribution in [2.75, 3.05) is 13.4 Å². The van der Waals surface area contributed by atoms with E-state index in [1.807, 2.05) is 0 Å². The highest BCUT2D eigenvalue weighted by atomic mass is 32.2. The van der Waals surface area contributed by atoms with E-state index in [9.17, 15) is 8.42 Å². The lowest BCUT2D eigenvalue weighted by molar-refractivity contribution is 0.403. The molecule has 0 aromatic rings. The van der Waals surface area contributed by atoms with Crippen LogP contribution in [0.1, 0.15) is 32.1 Å². The van der Waals surface area contributed by atoms with Crippen LogP contribution in [0.3, 0.4) is 0 Å². The van der Waals surface area contributed by atoms with Crippen LogP contribution in [0.2, 0.25) is 0 Å². The predicted molar refractivity (Wildman–Crippen MR) is 44.9 cm³/mol. The van der Waals surface area contributed by atoms with Gasteiger partial charge in [0.1, 0.15) is 0 Å². The molecule has 1 fully saturated rings. The van der Waals surface area contributed by atoms with Gasteiger partial charge in [-0.3, -0.25) is 4.18 Å². The summed E-state index contributed by atoms with van der Waals surface area (Å²) in [6, 6.07) is 0. The van der Waals surface area contributed by atoms with Gasteiger partial charge in [0.2, 0.25) is 0 Å². The van der Waals surface area contributed by atoms with E-state index >= 15 is 0 Å². The van der Waals surface area contributed by atoms with Gasteiger partial charge in [0.05, 0.1) is 13.4 Å². The Kier molecular flexibility index (Phi) is 5.50. The Morgan fingerprint density at radius 2 is 1.18 bits per heavy atom. The Morgan fingerprint density at radius 1 is 1.00 bits per heavy atom. The average Bonchev–Trinajstić information content (AvgIpc) is 2.41. The van der Waals surface area contributed by atoms with Crippen LogP contribution in [0.5, 0.6) is 0 Å². The molecule has 68 valence electrons. The Bertz CT molecular complexity index is 161. The fourth-order valence-corrected chi connectivity index (χ4v) is 0.884. The van der Waals surface area contributed by atoms with Crippen LogP contribution < -0.4 is 0 Å². The molecule has 0 unspecified atom stereocenters. The monoisotopic (exact) mass is 180 g/mol. The van der Waals surface area contributed by atoms with Crippen molar-refractivity contribution < 1.29 is 12.6 Å². The van der Waals surface area contributed by atoms with Gasteiger partial charge in [-0.15, -0.1) is 0 Å². The van der Waals surface area contributed by atoms with Crippen molar-refractivity contribution in [2.45, 2.75) is 32.1 Å². The fourth-order valence-electron chi connectivity index (χ4n) is 0.884. The van der Waals surface area contributed by atoms with Gasteiger partial charge < -0.3 is 0 Å². The molecule has 0 amide bonds. The van der Waals surface area contributed by atoms with Crippen LogP contribution in [-0.4, -0.2) is 21.8 Å². The molecule has 0 N–H and O–H groups in total. The second-order valence-electron chi connectivity index (χ2n) is 2.64. The molecule has 0 atom stereocenters. The molecule has 0 spiro atoms. The average molecular weight is 180 g/mol. The Labute approximate surface area is 68.9 Å². The maximum absolute atomic E-state index is 9.78. The van der Waals surface area contributed by atoms with E-state index in [0.29, 0.717) is 0 Å². The zero-order valence-corrected chi connectivity index (χ0v) is 7.99. The number of hydrogen-bond acceptors (Lipinski definition) is 3. The van der Waals surface area contributed by atoms with E-state index in [1.165, 1.54) is 32.1 Å². The summed E-state index contributed by atoms with van der Waals surface area (Å²) in [4.78, 5) is 0. The first kappa shape index (κ1) is 10.9. The van der Waals surface area contributed by atoms with E-state index in [-0.39, 0.29) is 0 Å². The molecular formula is C7H16O3S. The molecule has 0 radical (unpaired) electrons. The van der Waals surface area contributed by atoms with Crippen molar-refractivity contribution in [1.29, 1.82) is 0 Å². The first-order valence-electron chi connectivity index (χ1n) is 3.82. The molecule has 0 aromatic heterocycles. The highest BCUT2D eigenvalue weighted by Gasteiger charge is 1.95. The third kappa shape index (κ3) is 9.91. The van der Waals surface area contributed by atoms with Crippen molar-refractivity contribution in [3.05, 3.63) is 0 Å². The Hall–Kier alpha value is -0.0900. The molecular weight excluding hydrogens is 164 g/mol. The predicted octanol–water partition coefficient (Wildman–Crippen LogP) is 1.54. The summed E-state index contributed by atoms with van der Waals surface area (Å²) in [5, 5.41) is 0. The summed E-state index contributed by atoms with van der Waals surface area (Å²) in [6.07, 6.45) is 8.49. The molecule has 1 saturated carbocycles.